The average Bonchev–Trinajstić information content (AvgIpc) is 2.88. The molecular formula is C19H22N2O4S. The lowest BCUT2D eigenvalue weighted by molar-refractivity contribution is 0.242. The fourth-order valence-electron chi connectivity index (χ4n) is 3.16. The fourth-order valence-corrected chi connectivity index (χ4v) is 5.25. The van der Waals surface area contributed by atoms with Crippen molar-refractivity contribution in [3.63, 3.8) is 0 Å². The average molecular weight is 374 g/mol. The van der Waals surface area contributed by atoms with Crippen LogP contribution < -0.4 is 15.4 Å². The Hall–Kier alpha value is -2.54. The molecule has 0 bridgehead atoms. The van der Waals surface area contributed by atoms with Crippen LogP contribution in [-0.2, 0) is 9.84 Å². The third-order valence-electron chi connectivity index (χ3n) is 4.48. The molecule has 1 fully saturated rings. The van der Waals surface area contributed by atoms with Crippen LogP contribution in [0.1, 0.15) is 13.3 Å². The van der Waals surface area contributed by atoms with Gasteiger partial charge in [0.2, 0.25) is 0 Å². The molecule has 0 aromatic heterocycles. The Labute approximate surface area is 153 Å². The Morgan fingerprint density at radius 3 is 2.42 bits per heavy atom. The smallest absolute Gasteiger partial charge is 0.319 e. The van der Waals surface area contributed by atoms with E-state index in [4.69, 9.17) is 4.74 Å². The van der Waals surface area contributed by atoms with Crippen molar-refractivity contribution in [1.82, 2.24) is 5.32 Å². The number of amides is 2. The number of urea groups is 1. The fraction of sp³-hybridized carbons (Fsp3) is 0.316. The molecule has 2 aromatic carbocycles. The number of methoxy groups -OCH3 is 1. The van der Waals surface area contributed by atoms with Gasteiger partial charge in [0.05, 0.1) is 24.2 Å². The van der Waals surface area contributed by atoms with Gasteiger partial charge in [-0.2, -0.15) is 0 Å². The topological polar surface area (TPSA) is 84.5 Å². The van der Waals surface area contributed by atoms with Crippen molar-refractivity contribution in [1.29, 1.82) is 0 Å². The summed E-state index contributed by atoms with van der Waals surface area (Å²) in [6.45, 7) is 1.75. The Bertz CT molecular complexity index is 909. The Morgan fingerprint density at radius 1 is 1.12 bits per heavy atom. The van der Waals surface area contributed by atoms with Gasteiger partial charge in [-0.1, -0.05) is 30.3 Å². The van der Waals surface area contributed by atoms with Crippen LogP contribution in [0.25, 0.3) is 11.1 Å². The summed E-state index contributed by atoms with van der Waals surface area (Å²) in [6.07, 6.45) is 0.426. The Kier molecular flexibility index (Phi) is 4.91. The molecule has 0 spiro atoms. The summed E-state index contributed by atoms with van der Waals surface area (Å²) in [5.41, 5.74) is 1.85. The van der Waals surface area contributed by atoms with E-state index in [1.54, 1.807) is 26.2 Å². The third-order valence-corrected chi connectivity index (χ3v) is 6.38. The molecule has 0 aliphatic carbocycles. The summed E-state index contributed by atoms with van der Waals surface area (Å²) in [4.78, 5) is 12.2. The highest BCUT2D eigenvalue weighted by molar-refractivity contribution is 7.91. The monoisotopic (exact) mass is 374 g/mol. The predicted octanol–water partition coefficient (Wildman–Crippen LogP) is 3.06. The van der Waals surface area contributed by atoms with Crippen molar-refractivity contribution in [3.8, 4) is 16.9 Å². The number of hydrogen-bond donors (Lipinski definition) is 2. The molecular weight excluding hydrogens is 352 g/mol. The molecule has 7 heteroatoms. The molecule has 138 valence electrons. The van der Waals surface area contributed by atoms with Crippen LogP contribution in [0.5, 0.6) is 5.75 Å². The van der Waals surface area contributed by atoms with E-state index in [1.165, 1.54) is 0 Å². The molecule has 1 heterocycles. The largest absolute Gasteiger partial charge is 0.496 e. The highest BCUT2D eigenvalue weighted by Gasteiger charge is 2.39. The minimum Gasteiger partial charge on any atom is -0.496 e. The number of rotatable bonds is 4. The van der Waals surface area contributed by atoms with Gasteiger partial charge in [0, 0.05) is 11.3 Å². The molecule has 2 amide bonds. The van der Waals surface area contributed by atoms with Gasteiger partial charge in [0.15, 0.2) is 9.84 Å². The first-order valence-corrected chi connectivity index (χ1v) is 10.2. The van der Waals surface area contributed by atoms with Gasteiger partial charge >= 0.3 is 6.03 Å². The quantitative estimate of drug-likeness (QED) is 0.861. The minimum atomic E-state index is -3.07. The van der Waals surface area contributed by atoms with Crippen LogP contribution in [-0.4, -0.2) is 38.6 Å². The first-order chi connectivity index (χ1) is 12.3. The molecule has 26 heavy (non-hydrogen) atoms. The van der Waals surface area contributed by atoms with E-state index >= 15 is 0 Å². The van der Waals surface area contributed by atoms with Gasteiger partial charge in [-0.15, -0.1) is 0 Å². The predicted molar refractivity (Wildman–Crippen MR) is 102 cm³/mol. The zero-order valence-electron chi connectivity index (χ0n) is 14.8. The van der Waals surface area contributed by atoms with E-state index in [0.29, 0.717) is 12.1 Å². The molecule has 0 saturated carbocycles. The normalized spacial score (nSPS) is 21.2. The van der Waals surface area contributed by atoms with Crippen molar-refractivity contribution in [2.75, 3.05) is 23.9 Å². The molecule has 0 radical (unpaired) electrons. The number of hydrogen-bond acceptors (Lipinski definition) is 4. The van der Waals surface area contributed by atoms with Gasteiger partial charge in [0.1, 0.15) is 5.75 Å². The number of ether oxygens (including phenoxy) is 1. The van der Waals surface area contributed by atoms with Crippen LogP contribution in [0.4, 0.5) is 10.5 Å². The Morgan fingerprint density at radius 2 is 1.81 bits per heavy atom. The van der Waals surface area contributed by atoms with Crippen LogP contribution >= 0.6 is 0 Å². The van der Waals surface area contributed by atoms with E-state index < -0.39 is 21.4 Å². The lowest BCUT2D eigenvalue weighted by Gasteiger charge is -2.24. The maximum absolute atomic E-state index is 12.2. The summed E-state index contributed by atoms with van der Waals surface area (Å²) in [6, 6.07) is 14.7. The number of carbonyl (C=O) groups is 1. The highest BCUT2D eigenvalue weighted by atomic mass is 32.2. The van der Waals surface area contributed by atoms with E-state index in [2.05, 4.69) is 10.6 Å². The van der Waals surface area contributed by atoms with Crippen LogP contribution in [0.2, 0.25) is 0 Å². The van der Waals surface area contributed by atoms with E-state index in [9.17, 15) is 13.2 Å². The molecule has 0 unspecified atom stereocenters. The zero-order chi connectivity index (χ0) is 18.8. The first-order valence-electron chi connectivity index (χ1n) is 8.33. The number of para-hydroxylation sites is 1. The first kappa shape index (κ1) is 18.3. The Balaban J connectivity index is 1.67. The van der Waals surface area contributed by atoms with E-state index in [1.807, 2.05) is 36.4 Å². The SMILES string of the molecule is COc1ccccc1-c1ccc(NC(=O)N[C@]2(C)CCS(=O)(=O)C2)cc1. The maximum atomic E-state index is 12.2. The van der Waals surface area contributed by atoms with Crippen molar-refractivity contribution in [3.05, 3.63) is 48.5 Å². The second kappa shape index (κ2) is 6.99. The lowest BCUT2D eigenvalue weighted by atomic mass is 10.0. The van der Waals surface area contributed by atoms with Crippen LogP contribution in [0, 0.1) is 0 Å². The standard InChI is InChI=1S/C19H22N2O4S/c1-19(11-12-26(23,24)13-19)21-18(22)20-15-9-7-14(8-10-15)16-5-3-4-6-17(16)25-2/h3-10H,11-13H2,1-2H3,(H2,20,21,22)/t19-/m1/s1. The highest BCUT2D eigenvalue weighted by Crippen LogP contribution is 2.30. The maximum Gasteiger partial charge on any atom is 0.319 e. The zero-order valence-corrected chi connectivity index (χ0v) is 15.6. The molecule has 6 nitrogen and oxygen atoms in total. The summed E-state index contributed by atoms with van der Waals surface area (Å²) >= 11 is 0. The van der Waals surface area contributed by atoms with Crippen molar-refractivity contribution >= 4 is 21.6 Å². The number of sulfone groups is 1. The number of anilines is 1. The van der Waals surface area contributed by atoms with Gasteiger partial charge in [-0.3, -0.25) is 0 Å². The minimum absolute atomic E-state index is 0.0276. The lowest BCUT2D eigenvalue weighted by Crippen LogP contribution is -2.48. The summed E-state index contributed by atoms with van der Waals surface area (Å²) in [5, 5.41) is 5.53. The third kappa shape index (κ3) is 4.16. The van der Waals surface area contributed by atoms with E-state index in [-0.39, 0.29) is 11.5 Å². The summed E-state index contributed by atoms with van der Waals surface area (Å²) in [7, 11) is -1.44. The molecule has 2 N–H and O–H groups in total. The molecule has 1 atom stereocenters. The number of carbonyl (C=O) groups excluding carboxylic acids is 1. The summed E-state index contributed by atoms with van der Waals surface area (Å²) < 4.78 is 28.6. The molecule has 3 rings (SSSR count). The molecule has 2 aromatic rings. The van der Waals surface area contributed by atoms with Crippen molar-refractivity contribution in [2.45, 2.75) is 18.9 Å². The molecule has 1 aliphatic rings. The summed E-state index contributed by atoms with van der Waals surface area (Å²) in [5.74, 6) is 0.860. The van der Waals surface area contributed by atoms with Gasteiger partial charge in [-0.25, -0.2) is 13.2 Å². The molecule has 1 saturated heterocycles. The van der Waals surface area contributed by atoms with Crippen molar-refractivity contribution < 1.29 is 17.9 Å². The van der Waals surface area contributed by atoms with Gasteiger partial charge < -0.3 is 15.4 Å². The van der Waals surface area contributed by atoms with E-state index in [0.717, 1.165) is 16.9 Å². The number of benzene rings is 2. The van der Waals surface area contributed by atoms with Gasteiger partial charge in [0.25, 0.3) is 0 Å². The second-order valence-corrected chi connectivity index (χ2v) is 8.94. The van der Waals surface area contributed by atoms with Crippen LogP contribution in [0.15, 0.2) is 48.5 Å². The van der Waals surface area contributed by atoms with Crippen LogP contribution in [0.3, 0.4) is 0 Å². The second-order valence-electron chi connectivity index (χ2n) is 6.76. The molecule has 1 aliphatic heterocycles. The van der Waals surface area contributed by atoms with Crippen molar-refractivity contribution in [2.24, 2.45) is 0 Å². The number of nitrogens with one attached hydrogen (secondary N) is 2. The van der Waals surface area contributed by atoms with Gasteiger partial charge in [-0.05, 0) is 37.1 Å².